The summed E-state index contributed by atoms with van der Waals surface area (Å²) in [5.41, 5.74) is -1.45. The summed E-state index contributed by atoms with van der Waals surface area (Å²) in [6.45, 7) is 7.76. The molecule has 2 aliphatic heterocycles. The SMILES string of the molecule is CCCN(CCC)CCNC(=O)[C@H]1CN(S(C)(=O)=O)C[C@@]12OCCNC2=O. The Morgan fingerprint density at radius 3 is 2.56 bits per heavy atom. The second kappa shape index (κ2) is 9.31. The van der Waals surface area contributed by atoms with Gasteiger partial charge in [0.1, 0.15) is 0 Å². The van der Waals surface area contributed by atoms with Gasteiger partial charge in [0.2, 0.25) is 15.9 Å². The topological polar surface area (TPSA) is 108 Å². The Balaban J connectivity index is 2.06. The standard InChI is InChI=1S/C17H32N4O5S/c1-4-8-20(9-5-2)10-6-18-15(22)14-12-21(27(3,24)25)13-17(14)16(23)19-7-11-26-17/h14H,4-13H2,1-3H3,(H,18,22)(H,19,23)/t14-,17-/m1/s1. The zero-order chi connectivity index (χ0) is 20.1. The Bertz CT molecular complexity index is 635. The summed E-state index contributed by atoms with van der Waals surface area (Å²) in [6.07, 6.45) is 3.16. The van der Waals surface area contributed by atoms with Crippen LogP contribution in [0.15, 0.2) is 0 Å². The van der Waals surface area contributed by atoms with Gasteiger partial charge in [0.25, 0.3) is 5.91 Å². The number of ether oxygens (including phenoxy) is 1. The minimum Gasteiger partial charge on any atom is -0.361 e. The van der Waals surface area contributed by atoms with E-state index in [-0.39, 0.29) is 25.6 Å². The molecular weight excluding hydrogens is 372 g/mol. The van der Waals surface area contributed by atoms with Gasteiger partial charge < -0.3 is 20.3 Å². The van der Waals surface area contributed by atoms with Crippen LogP contribution >= 0.6 is 0 Å². The number of morpholine rings is 1. The number of amides is 2. The molecule has 0 aromatic heterocycles. The van der Waals surface area contributed by atoms with Gasteiger partial charge in [-0.1, -0.05) is 13.8 Å². The molecule has 0 saturated carbocycles. The predicted octanol–water partition coefficient (Wildman–Crippen LogP) is -0.999. The molecule has 2 fully saturated rings. The minimum atomic E-state index is -3.53. The van der Waals surface area contributed by atoms with Crippen molar-refractivity contribution in [2.24, 2.45) is 5.92 Å². The maximum Gasteiger partial charge on any atom is 0.254 e. The van der Waals surface area contributed by atoms with Crippen molar-refractivity contribution >= 4 is 21.8 Å². The van der Waals surface area contributed by atoms with Crippen molar-refractivity contribution in [1.29, 1.82) is 0 Å². The Morgan fingerprint density at radius 2 is 2.00 bits per heavy atom. The number of hydrogen-bond donors (Lipinski definition) is 2. The summed E-state index contributed by atoms with van der Waals surface area (Å²) >= 11 is 0. The van der Waals surface area contributed by atoms with E-state index in [0.717, 1.165) is 43.0 Å². The molecule has 2 atom stereocenters. The van der Waals surface area contributed by atoms with E-state index in [4.69, 9.17) is 4.74 Å². The molecule has 1 spiro atoms. The molecule has 0 bridgehead atoms. The summed E-state index contributed by atoms with van der Waals surface area (Å²) in [6, 6.07) is 0. The smallest absolute Gasteiger partial charge is 0.254 e. The number of carbonyl (C=O) groups excluding carboxylic acids is 2. The number of rotatable bonds is 9. The Hall–Kier alpha value is -1.23. The third-order valence-corrected chi connectivity index (χ3v) is 6.30. The van der Waals surface area contributed by atoms with Gasteiger partial charge in [0.15, 0.2) is 5.60 Å². The average molecular weight is 405 g/mol. The molecule has 9 nitrogen and oxygen atoms in total. The normalized spacial score (nSPS) is 26.5. The largest absolute Gasteiger partial charge is 0.361 e. The summed E-state index contributed by atoms with van der Waals surface area (Å²) in [5.74, 6) is -1.62. The first-order valence-corrected chi connectivity index (χ1v) is 11.5. The highest BCUT2D eigenvalue weighted by Crippen LogP contribution is 2.34. The summed E-state index contributed by atoms with van der Waals surface area (Å²) in [7, 11) is -3.53. The molecule has 2 amide bonds. The molecule has 2 heterocycles. The van der Waals surface area contributed by atoms with E-state index in [1.807, 2.05) is 0 Å². The summed E-state index contributed by atoms with van der Waals surface area (Å²) in [4.78, 5) is 27.6. The molecule has 0 aromatic carbocycles. The highest BCUT2D eigenvalue weighted by atomic mass is 32.2. The molecule has 0 radical (unpaired) electrons. The minimum absolute atomic E-state index is 0.0499. The lowest BCUT2D eigenvalue weighted by Crippen LogP contribution is -2.62. The Morgan fingerprint density at radius 1 is 1.33 bits per heavy atom. The van der Waals surface area contributed by atoms with Crippen molar-refractivity contribution in [3.05, 3.63) is 0 Å². The van der Waals surface area contributed by atoms with Crippen LogP contribution in [0.4, 0.5) is 0 Å². The van der Waals surface area contributed by atoms with Gasteiger partial charge in [-0.15, -0.1) is 0 Å². The molecule has 0 unspecified atom stereocenters. The zero-order valence-electron chi connectivity index (χ0n) is 16.5. The molecule has 0 aliphatic carbocycles. The van der Waals surface area contributed by atoms with E-state index >= 15 is 0 Å². The van der Waals surface area contributed by atoms with E-state index < -0.39 is 27.4 Å². The van der Waals surface area contributed by atoms with Crippen LogP contribution in [0.3, 0.4) is 0 Å². The fourth-order valence-electron chi connectivity index (χ4n) is 3.75. The lowest BCUT2D eigenvalue weighted by Gasteiger charge is -2.36. The van der Waals surface area contributed by atoms with Crippen molar-refractivity contribution in [3.8, 4) is 0 Å². The van der Waals surface area contributed by atoms with E-state index in [1.165, 1.54) is 0 Å². The first-order valence-electron chi connectivity index (χ1n) is 9.62. The van der Waals surface area contributed by atoms with Crippen LogP contribution in [0.5, 0.6) is 0 Å². The molecule has 27 heavy (non-hydrogen) atoms. The number of sulfonamides is 1. The van der Waals surface area contributed by atoms with Crippen LogP contribution in [0, 0.1) is 5.92 Å². The predicted molar refractivity (Wildman–Crippen MR) is 102 cm³/mol. The monoisotopic (exact) mass is 404 g/mol. The van der Waals surface area contributed by atoms with Crippen molar-refractivity contribution < 1.29 is 22.7 Å². The van der Waals surface area contributed by atoms with Crippen molar-refractivity contribution in [3.63, 3.8) is 0 Å². The Labute approximate surface area is 161 Å². The molecule has 2 rings (SSSR count). The highest BCUT2D eigenvalue weighted by molar-refractivity contribution is 7.88. The van der Waals surface area contributed by atoms with Crippen LogP contribution in [0.1, 0.15) is 26.7 Å². The second-order valence-corrected chi connectivity index (χ2v) is 9.22. The van der Waals surface area contributed by atoms with Crippen LogP contribution in [-0.2, 0) is 24.3 Å². The van der Waals surface area contributed by atoms with E-state index in [2.05, 4.69) is 29.4 Å². The lowest BCUT2D eigenvalue weighted by molar-refractivity contribution is -0.163. The average Bonchev–Trinajstić information content (AvgIpc) is 2.99. The Kier molecular flexibility index (Phi) is 7.61. The molecule has 0 aromatic rings. The van der Waals surface area contributed by atoms with Gasteiger partial charge in [0.05, 0.1) is 25.3 Å². The lowest BCUT2D eigenvalue weighted by atomic mass is 9.88. The van der Waals surface area contributed by atoms with Gasteiger partial charge in [0, 0.05) is 26.2 Å². The molecule has 2 aliphatic rings. The third-order valence-electron chi connectivity index (χ3n) is 5.08. The van der Waals surface area contributed by atoms with Gasteiger partial charge >= 0.3 is 0 Å². The maximum absolute atomic E-state index is 12.8. The van der Waals surface area contributed by atoms with E-state index in [0.29, 0.717) is 13.1 Å². The number of carbonyl (C=O) groups is 2. The number of hydrogen-bond acceptors (Lipinski definition) is 6. The molecule has 2 saturated heterocycles. The maximum atomic E-state index is 12.8. The van der Waals surface area contributed by atoms with E-state index in [1.54, 1.807) is 0 Å². The first kappa shape index (κ1) is 22.1. The first-order chi connectivity index (χ1) is 12.7. The van der Waals surface area contributed by atoms with Gasteiger partial charge in [-0.25, -0.2) is 8.42 Å². The number of nitrogens with zero attached hydrogens (tertiary/aromatic N) is 2. The van der Waals surface area contributed by atoms with Crippen LogP contribution in [0.2, 0.25) is 0 Å². The summed E-state index contributed by atoms with van der Waals surface area (Å²) < 4.78 is 30.8. The van der Waals surface area contributed by atoms with Crippen LogP contribution < -0.4 is 10.6 Å². The van der Waals surface area contributed by atoms with Crippen molar-refractivity contribution in [1.82, 2.24) is 19.8 Å². The number of nitrogens with one attached hydrogen (secondary N) is 2. The van der Waals surface area contributed by atoms with Crippen LogP contribution in [-0.4, -0.2) is 93.7 Å². The van der Waals surface area contributed by atoms with Crippen LogP contribution in [0.25, 0.3) is 0 Å². The van der Waals surface area contributed by atoms with E-state index in [9.17, 15) is 18.0 Å². The fourth-order valence-corrected chi connectivity index (χ4v) is 4.60. The summed E-state index contributed by atoms with van der Waals surface area (Å²) in [5, 5.41) is 5.58. The van der Waals surface area contributed by atoms with Crippen molar-refractivity contribution in [2.45, 2.75) is 32.3 Å². The third kappa shape index (κ3) is 5.18. The van der Waals surface area contributed by atoms with Gasteiger partial charge in [-0.2, -0.15) is 4.31 Å². The highest BCUT2D eigenvalue weighted by Gasteiger charge is 2.59. The van der Waals surface area contributed by atoms with Crippen molar-refractivity contribution in [2.75, 3.05) is 58.7 Å². The quantitative estimate of drug-likeness (QED) is 0.510. The second-order valence-electron chi connectivity index (χ2n) is 7.23. The fraction of sp³-hybridized carbons (Fsp3) is 0.882. The zero-order valence-corrected chi connectivity index (χ0v) is 17.3. The molecular formula is C17H32N4O5S. The molecule has 10 heteroatoms. The van der Waals surface area contributed by atoms with Gasteiger partial charge in [-0.05, 0) is 25.9 Å². The molecule has 2 N–H and O–H groups in total. The van der Waals surface area contributed by atoms with Gasteiger partial charge in [-0.3, -0.25) is 9.59 Å². The molecule has 156 valence electrons.